The van der Waals surface area contributed by atoms with Crippen molar-refractivity contribution in [2.45, 2.75) is 0 Å². The Morgan fingerprint density at radius 2 is 2.33 bits per heavy atom. The van der Waals surface area contributed by atoms with Gasteiger partial charge in [0.1, 0.15) is 5.10 Å². The number of nitrogens with zero attached hydrogens (tertiary/aromatic N) is 4. The molecule has 0 N–H and O–H groups in total. The summed E-state index contributed by atoms with van der Waals surface area (Å²) in [6.07, 6.45) is 0. The largest absolute Gasteiger partial charge is 0.690 e. The van der Waals surface area contributed by atoms with Crippen molar-refractivity contribution in [3.8, 4) is 5.88 Å². The molecule has 0 atom stereocenters. The van der Waals surface area contributed by atoms with Gasteiger partial charge in [-0.15, -0.1) is 4.85 Å². The van der Waals surface area contributed by atoms with Crippen LogP contribution in [0.5, 0.6) is 5.88 Å². The van der Waals surface area contributed by atoms with Gasteiger partial charge in [0.2, 0.25) is 0 Å². The van der Waals surface area contributed by atoms with Crippen LogP contribution in [-0.2, 0) is 7.05 Å². The van der Waals surface area contributed by atoms with Crippen molar-refractivity contribution in [1.29, 1.82) is 0 Å². The van der Waals surface area contributed by atoms with Crippen molar-refractivity contribution in [1.82, 2.24) is 9.90 Å². The van der Waals surface area contributed by atoms with Gasteiger partial charge in [0.15, 0.2) is 0 Å². The van der Waals surface area contributed by atoms with Crippen molar-refractivity contribution in [3.63, 3.8) is 0 Å². The zero-order valence-electron chi connectivity index (χ0n) is 6.42. The molecule has 0 aliphatic rings. The van der Waals surface area contributed by atoms with Crippen LogP contribution < -0.4 is 9.58 Å². The number of nitro groups is 1. The van der Waals surface area contributed by atoms with Crippen molar-refractivity contribution < 1.29 is 14.5 Å². The fraction of sp³-hybridized carbons (Fsp3) is 0.500. The molecule has 12 heavy (non-hydrogen) atoms. The van der Waals surface area contributed by atoms with Gasteiger partial charge in [0.05, 0.1) is 14.2 Å². The lowest BCUT2D eigenvalue weighted by Crippen LogP contribution is -2.37. The quantitative estimate of drug-likeness (QED) is 0.247. The summed E-state index contributed by atoms with van der Waals surface area (Å²) in [6.45, 7) is 0. The van der Waals surface area contributed by atoms with E-state index in [1.165, 1.54) is 14.2 Å². The number of methoxy groups -OCH3 is 1. The van der Waals surface area contributed by atoms with Gasteiger partial charge in [-0.25, -0.2) is 0 Å². The third-order valence-electron chi connectivity index (χ3n) is 1.23. The van der Waals surface area contributed by atoms with Gasteiger partial charge in [-0.3, -0.25) is 0 Å². The minimum absolute atomic E-state index is 0.193. The van der Waals surface area contributed by atoms with Gasteiger partial charge in [-0.05, 0) is 9.72 Å². The Kier molecular flexibility index (Phi) is 1.81. The second kappa shape index (κ2) is 2.64. The number of ether oxygens (including phenoxy) is 1. The van der Waals surface area contributed by atoms with E-state index < -0.39 is 16.6 Å². The number of aromatic nitrogens is 3. The molecular formula is C4H6N4O4. The second-order valence-electron chi connectivity index (χ2n) is 1.95. The Bertz CT molecular complexity index is 319. The van der Waals surface area contributed by atoms with E-state index in [4.69, 9.17) is 0 Å². The molecule has 1 rings (SSSR count). The van der Waals surface area contributed by atoms with E-state index in [0.29, 0.717) is 0 Å². The minimum Gasteiger partial charge on any atom is -0.690 e. The van der Waals surface area contributed by atoms with Crippen molar-refractivity contribution in [3.05, 3.63) is 15.3 Å². The number of hydrogen-bond acceptors (Lipinski definition) is 5. The van der Waals surface area contributed by atoms with Crippen LogP contribution in [0, 0.1) is 15.3 Å². The average Bonchev–Trinajstić information content (AvgIpc) is 2.29. The molecule has 1 aromatic heterocycles. The highest BCUT2D eigenvalue weighted by Gasteiger charge is 2.27. The number of rotatable bonds is 2. The van der Waals surface area contributed by atoms with Crippen molar-refractivity contribution in [2.24, 2.45) is 7.05 Å². The summed E-state index contributed by atoms with van der Waals surface area (Å²) in [6, 6.07) is 0. The Labute approximate surface area is 66.7 Å². The van der Waals surface area contributed by atoms with Crippen LogP contribution in [0.25, 0.3) is 0 Å². The third-order valence-corrected chi connectivity index (χ3v) is 1.23. The van der Waals surface area contributed by atoms with Gasteiger partial charge in [0, 0.05) is 0 Å². The summed E-state index contributed by atoms with van der Waals surface area (Å²) in [5.41, 5.74) is 0. The molecule has 8 heteroatoms. The number of aryl methyl sites for hydroxylation is 1. The molecule has 1 aromatic rings. The van der Waals surface area contributed by atoms with Gasteiger partial charge >= 0.3 is 11.7 Å². The summed E-state index contributed by atoms with van der Waals surface area (Å²) >= 11 is 0. The normalized spacial score (nSPS) is 9.83. The first-order valence-corrected chi connectivity index (χ1v) is 2.93. The summed E-state index contributed by atoms with van der Waals surface area (Å²) < 4.78 is 4.48. The van der Waals surface area contributed by atoms with E-state index in [0.717, 1.165) is 4.80 Å². The topological polar surface area (TPSA) is 97.1 Å². The van der Waals surface area contributed by atoms with Gasteiger partial charge in [-0.1, -0.05) is 0 Å². The molecule has 0 radical (unpaired) electrons. The fourth-order valence-electron chi connectivity index (χ4n) is 0.721. The highest BCUT2D eigenvalue weighted by atomic mass is 16.6. The summed E-state index contributed by atoms with van der Waals surface area (Å²) in [5.74, 6) is -1.00. The molecular weight excluding hydrogens is 168 g/mol. The minimum atomic E-state index is -0.784. The first-order chi connectivity index (χ1) is 5.57. The van der Waals surface area contributed by atoms with E-state index in [9.17, 15) is 15.3 Å². The molecule has 0 aromatic carbocycles. The van der Waals surface area contributed by atoms with Crippen LogP contribution in [0.4, 0.5) is 5.82 Å². The Morgan fingerprint density at radius 1 is 1.75 bits per heavy atom. The fourth-order valence-corrected chi connectivity index (χ4v) is 0.721. The molecule has 66 valence electrons. The highest BCUT2D eigenvalue weighted by molar-refractivity contribution is 5.25. The van der Waals surface area contributed by atoms with Gasteiger partial charge < -0.3 is 20.1 Å². The van der Waals surface area contributed by atoms with Crippen LogP contribution >= 0.6 is 0 Å². The summed E-state index contributed by atoms with van der Waals surface area (Å²) in [7, 11) is 2.45. The average molecular weight is 174 g/mol. The van der Waals surface area contributed by atoms with Crippen molar-refractivity contribution in [2.75, 3.05) is 7.11 Å². The van der Waals surface area contributed by atoms with Gasteiger partial charge in [-0.2, -0.15) is 0 Å². The van der Waals surface area contributed by atoms with E-state index in [-0.39, 0.29) is 4.85 Å². The monoisotopic (exact) mass is 174 g/mol. The lowest BCUT2D eigenvalue weighted by atomic mass is 10.7. The van der Waals surface area contributed by atoms with E-state index in [2.05, 4.69) is 9.84 Å². The Balaban J connectivity index is 3.29. The van der Waals surface area contributed by atoms with E-state index in [1.54, 1.807) is 0 Å². The van der Waals surface area contributed by atoms with Crippen LogP contribution in [0.3, 0.4) is 0 Å². The Hall–Kier alpha value is -1.86. The third kappa shape index (κ3) is 1.02. The SMILES string of the molecule is COc1c([N+](=O)[O-])nn(C)[n+]1[O-]. The Morgan fingerprint density at radius 3 is 2.67 bits per heavy atom. The molecule has 0 aliphatic heterocycles. The predicted octanol–water partition coefficient (Wildman–Crippen LogP) is -1.03. The lowest BCUT2D eigenvalue weighted by Gasteiger charge is -1.99. The molecule has 8 nitrogen and oxygen atoms in total. The van der Waals surface area contributed by atoms with Gasteiger partial charge in [0.25, 0.3) is 0 Å². The standard InChI is InChI=1S/C4H6N4O4/c1-6-5-3(8(10)11)4(12-2)7(6)9/h1-2H3. The maximum Gasteiger partial charge on any atom is 0.479 e. The molecule has 0 unspecified atom stereocenters. The molecule has 0 amide bonds. The van der Waals surface area contributed by atoms with Crippen LogP contribution in [-0.4, -0.2) is 21.9 Å². The summed E-state index contributed by atoms with van der Waals surface area (Å²) in [4.78, 5) is 10.4. The molecule has 0 spiro atoms. The molecule has 1 heterocycles. The molecule has 0 fully saturated rings. The second-order valence-corrected chi connectivity index (χ2v) is 1.95. The maximum atomic E-state index is 10.9. The molecule has 0 saturated carbocycles. The summed E-state index contributed by atoms with van der Waals surface area (Å²) in [5, 5.41) is 24.5. The van der Waals surface area contributed by atoms with Crippen LogP contribution in [0.15, 0.2) is 0 Å². The first kappa shape index (κ1) is 8.24. The van der Waals surface area contributed by atoms with E-state index >= 15 is 0 Å². The zero-order chi connectivity index (χ0) is 9.30. The van der Waals surface area contributed by atoms with E-state index in [1.807, 2.05) is 0 Å². The molecule has 0 aliphatic carbocycles. The molecule has 0 saturated heterocycles. The smallest absolute Gasteiger partial charge is 0.479 e. The molecule has 0 bridgehead atoms. The zero-order valence-corrected chi connectivity index (χ0v) is 6.42. The first-order valence-electron chi connectivity index (χ1n) is 2.93. The van der Waals surface area contributed by atoms with Crippen molar-refractivity contribution >= 4 is 5.82 Å². The maximum absolute atomic E-state index is 10.9. The highest BCUT2D eigenvalue weighted by Crippen LogP contribution is 2.17. The van der Waals surface area contributed by atoms with Crippen LogP contribution in [0.2, 0.25) is 0 Å². The predicted molar refractivity (Wildman–Crippen MR) is 35.4 cm³/mol. The number of hydrogen-bond donors (Lipinski definition) is 0. The van der Waals surface area contributed by atoms with Crippen LogP contribution in [0.1, 0.15) is 0 Å². The lowest BCUT2D eigenvalue weighted by molar-refractivity contribution is -0.701.